The van der Waals surface area contributed by atoms with E-state index < -0.39 is 6.03 Å². The minimum atomic E-state index is -0.698. The van der Waals surface area contributed by atoms with E-state index in [-0.39, 0.29) is 0 Å². The Labute approximate surface area is 63.7 Å². The quantitative estimate of drug-likeness (QED) is 0.466. The summed E-state index contributed by atoms with van der Waals surface area (Å²) < 4.78 is 0. The highest BCUT2D eigenvalue weighted by Crippen LogP contribution is 1.98. The summed E-state index contributed by atoms with van der Waals surface area (Å²) in [6, 6.07) is -0.698. The predicted octanol–water partition coefficient (Wildman–Crippen LogP) is 0.783. The minimum absolute atomic E-state index is 0.418. The molecule has 0 aliphatic carbocycles. The Balaban J connectivity index is 3.38. The molecule has 5 heteroatoms. The van der Waals surface area contributed by atoms with E-state index in [1.165, 1.54) is 6.21 Å². The summed E-state index contributed by atoms with van der Waals surface area (Å²) in [6.45, 7) is 3.40. The number of rotatable bonds is 3. The molecule has 0 aliphatic heterocycles. The number of urea groups is 1. The Hall–Kier alpha value is -1.03. The van der Waals surface area contributed by atoms with Crippen molar-refractivity contribution in [3.05, 3.63) is 11.6 Å². The van der Waals surface area contributed by atoms with Crippen LogP contribution in [0.5, 0.6) is 0 Å². The topological polar surface area (TPSA) is 67.5 Å². The van der Waals surface area contributed by atoms with Gasteiger partial charge in [0.1, 0.15) is 0 Å². The number of allylic oxidation sites excluding steroid dienone is 1. The van der Waals surface area contributed by atoms with E-state index in [4.69, 9.17) is 17.3 Å². The van der Waals surface area contributed by atoms with Crippen molar-refractivity contribution in [3.63, 3.8) is 0 Å². The van der Waals surface area contributed by atoms with Crippen LogP contribution < -0.4 is 11.2 Å². The zero-order valence-corrected chi connectivity index (χ0v) is 6.06. The number of hydrogen-bond acceptors (Lipinski definition) is 2. The zero-order chi connectivity index (χ0) is 7.98. The zero-order valence-electron chi connectivity index (χ0n) is 5.30. The van der Waals surface area contributed by atoms with Crippen molar-refractivity contribution in [2.24, 2.45) is 10.8 Å². The van der Waals surface area contributed by atoms with Gasteiger partial charge in [0, 0.05) is 17.7 Å². The smallest absolute Gasteiger partial charge is 0.332 e. The molecule has 0 radical (unpaired) electrons. The molecule has 0 atom stereocenters. The Morgan fingerprint density at radius 1 is 1.90 bits per heavy atom. The van der Waals surface area contributed by atoms with Crippen LogP contribution in [0.1, 0.15) is 6.42 Å². The van der Waals surface area contributed by atoms with Crippen LogP contribution in [0.2, 0.25) is 0 Å². The second kappa shape index (κ2) is 4.81. The first-order valence-electron chi connectivity index (χ1n) is 2.53. The number of carbonyl (C=O) groups excluding carboxylic acids is 1. The van der Waals surface area contributed by atoms with Gasteiger partial charge in [0.2, 0.25) is 0 Å². The van der Waals surface area contributed by atoms with E-state index in [9.17, 15) is 4.79 Å². The standard InChI is InChI=1S/C5H8ClN3O/c1-4(6)2-3-8-9-5(7)10/h3H,1-2H2,(H3,7,9,10)/b8-3+. The molecule has 10 heavy (non-hydrogen) atoms. The van der Waals surface area contributed by atoms with Crippen molar-refractivity contribution >= 4 is 23.8 Å². The molecule has 0 aliphatic rings. The van der Waals surface area contributed by atoms with Crippen molar-refractivity contribution < 1.29 is 4.79 Å². The average molecular weight is 162 g/mol. The molecule has 0 heterocycles. The van der Waals surface area contributed by atoms with Gasteiger partial charge in [-0.05, 0) is 0 Å². The van der Waals surface area contributed by atoms with Gasteiger partial charge in [-0.1, -0.05) is 18.2 Å². The predicted molar refractivity (Wildman–Crippen MR) is 40.8 cm³/mol. The van der Waals surface area contributed by atoms with E-state index in [0.29, 0.717) is 11.5 Å². The fraction of sp³-hybridized carbons (Fsp3) is 0.200. The molecule has 2 amide bonds. The summed E-state index contributed by atoms with van der Waals surface area (Å²) in [4.78, 5) is 9.99. The Morgan fingerprint density at radius 2 is 2.50 bits per heavy atom. The van der Waals surface area contributed by atoms with Gasteiger partial charge in [0.25, 0.3) is 0 Å². The van der Waals surface area contributed by atoms with Crippen LogP contribution >= 0.6 is 11.6 Å². The lowest BCUT2D eigenvalue weighted by Gasteiger charge is -1.89. The number of halogens is 1. The van der Waals surface area contributed by atoms with Crippen molar-refractivity contribution in [3.8, 4) is 0 Å². The fourth-order valence-corrected chi connectivity index (χ4v) is 0.323. The van der Waals surface area contributed by atoms with E-state index in [1.807, 2.05) is 5.43 Å². The number of primary amides is 1. The summed E-state index contributed by atoms with van der Waals surface area (Å²) in [5.74, 6) is 0. The van der Waals surface area contributed by atoms with Crippen LogP contribution in [0.3, 0.4) is 0 Å². The number of nitrogens with zero attached hydrogens (tertiary/aromatic N) is 1. The third kappa shape index (κ3) is 6.97. The van der Waals surface area contributed by atoms with Crippen LogP contribution in [-0.2, 0) is 0 Å². The van der Waals surface area contributed by atoms with Gasteiger partial charge in [-0.15, -0.1) is 0 Å². The SMILES string of the molecule is C=C(Cl)C/C=N/NC(N)=O. The van der Waals surface area contributed by atoms with Gasteiger partial charge in [-0.3, -0.25) is 0 Å². The highest BCUT2D eigenvalue weighted by Gasteiger charge is 1.84. The van der Waals surface area contributed by atoms with E-state index >= 15 is 0 Å². The van der Waals surface area contributed by atoms with Crippen molar-refractivity contribution in [2.75, 3.05) is 0 Å². The van der Waals surface area contributed by atoms with E-state index in [2.05, 4.69) is 11.7 Å². The largest absolute Gasteiger partial charge is 0.350 e. The monoisotopic (exact) mass is 161 g/mol. The molecular weight excluding hydrogens is 154 g/mol. The van der Waals surface area contributed by atoms with Gasteiger partial charge in [-0.25, -0.2) is 10.2 Å². The van der Waals surface area contributed by atoms with Crippen LogP contribution in [0, 0.1) is 0 Å². The van der Waals surface area contributed by atoms with Crippen molar-refractivity contribution in [2.45, 2.75) is 6.42 Å². The summed E-state index contributed by atoms with van der Waals surface area (Å²) in [5, 5.41) is 3.87. The molecule has 0 aromatic heterocycles. The van der Waals surface area contributed by atoms with E-state index in [1.54, 1.807) is 0 Å². The minimum Gasteiger partial charge on any atom is -0.350 e. The molecule has 0 saturated carbocycles. The van der Waals surface area contributed by atoms with Gasteiger partial charge in [0.05, 0.1) is 0 Å². The number of hydrazone groups is 1. The molecule has 0 aromatic rings. The normalized spacial score (nSPS) is 9.70. The summed E-state index contributed by atoms with van der Waals surface area (Å²) in [5.41, 5.74) is 6.70. The fourth-order valence-electron chi connectivity index (χ4n) is 0.254. The highest BCUT2D eigenvalue weighted by molar-refractivity contribution is 6.30. The average Bonchev–Trinajstić information content (AvgIpc) is 1.79. The third-order valence-corrected chi connectivity index (χ3v) is 0.733. The second-order valence-corrected chi connectivity index (χ2v) is 2.04. The summed E-state index contributed by atoms with van der Waals surface area (Å²) in [7, 11) is 0. The van der Waals surface area contributed by atoms with Gasteiger partial charge in [-0.2, -0.15) is 5.10 Å². The molecule has 0 unspecified atom stereocenters. The van der Waals surface area contributed by atoms with Gasteiger partial charge in [0.15, 0.2) is 0 Å². The highest BCUT2D eigenvalue weighted by atomic mass is 35.5. The molecule has 56 valence electrons. The molecule has 0 saturated heterocycles. The summed E-state index contributed by atoms with van der Waals surface area (Å²) >= 11 is 5.36. The Morgan fingerprint density at radius 3 is 2.90 bits per heavy atom. The molecule has 0 aromatic carbocycles. The van der Waals surface area contributed by atoms with Crippen LogP contribution in [0.15, 0.2) is 16.7 Å². The lowest BCUT2D eigenvalue weighted by molar-refractivity contribution is 0.249. The maximum atomic E-state index is 9.99. The lowest BCUT2D eigenvalue weighted by Crippen LogP contribution is -2.24. The molecule has 0 rings (SSSR count). The maximum Gasteiger partial charge on any atom is 0.332 e. The molecule has 0 spiro atoms. The Bertz CT molecular complexity index is 148. The molecular formula is C5H8ClN3O. The van der Waals surface area contributed by atoms with Gasteiger partial charge >= 0.3 is 6.03 Å². The molecule has 3 N–H and O–H groups in total. The molecule has 0 fully saturated rings. The second-order valence-electron chi connectivity index (χ2n) is 1.51. The van der Waals surface area contributed by atoms with Crippen molar-refractivity contribution in [1.82, 2.24) is 5.43 Å². The first kappa shape index (κ1) is 8.97. The maximum absolute atomic E-state index is 9.99. The van der Waals surface area contributed by atoms with Gasteiger partial charge < -0.3 is 5.73 Å². The van der Waals surface area contributed by atoms with Crippen LogP contribution in [0.4, 0.5) is 4.79 Å². The molecule has 0 bridgehead atoms. The number of nitrogens with two attached hydrogens (primary N) is 1. The van der Waals surface area contributed by atoms with Crippen LogP contribution in [-0.4, -0.2) is 12.2 Å². The summed E-state index contributed by atoms with van der Waals surface area (Å²) in [6.07, 6.45) is 1.82. The first-order chi connectivity index (χ1) is 4.63. The number of hydrogen-bond donors (Lipinski definition) is 2. The number of carbonyl (C=O) groups is 1. The van der Waals surface area contributed by atoms with E-state index in [0.717, 1.165) is 0 Å². The number of amides is 2. The Kier molecular flexibility index (Phi) is 4.32. The van der Waals surface area contributed by atoms with Crippen LogP contribution in [0.25, 0.3) is 0 Å². The third-order valence-electron chi connectivity index (χ3n) is 0.579. The first-order valence-corrected chi connectivity index (χ1v) is 2.91. The lowest BCUT2D eigenvalue weighted by atomic mass is 10.5. The molecule has 4 nitrogen and oxygen atoms in total. The van der Waals surface area contributed by atoms with Crippen molar-refractivity contribution in [1.29, 1.82) is 0 Å². The number of nitrogens with one attached hydrogen (secondary N) is 1.